The Morgan fingerprint density at radius 1 is 1.44 bits per heavy atom. The van der Waals surface area contributed by atoms with E-state index in [-0.39, 0.29) is 17.2 Å². The summed E-state index contributed by atoms with van der Waals surface area (Å²) in [6.45, 7) is 10.4. The van der Waals surface area contributed by atoms with Crippen molar-refractivity contribution in [3.63, 3.8) is 0 Å². The van der Waals surface area contributed by atoms with Gasteiger partial charge < -0.3 is 10.1 Å². The van der Waals surface area contributed by atoms with Crippen molar-refractivity contribution >= 4 is 5.91 Å². The maximum Gasteiger partial charge on any atom is 0.224 e. The van der Waals surface area contributed by atoms with Gasteiger partial charge in [-0.2, -0.15) is 0 Å². The van der Waals surface area contributed by atoms with Gasteiger partial charge in [-0.25, -0.2) is 0 Å². The number of piperidine rings is 3. The summed E-state index contributed by atoms with van der Waals surface area (Å²) in [5, 5.41) is 11.6. The van der Waals surface area contributed by atoms with E-state index < -0.39 is 0 Å². The molecule has 0 saturated carbocycles. The fourth-order valence-electron chi connectivity index (χ4n) is 3.98. The molecule has 4 rings (SSSR count). The number of nitrogens with one attached hydrogen (secondary N) is 1. The Morgan fingerprint density at radius 2 is 2.24 bits per heavy atom. The normalized spacial score (nSPS) is 29.0. The first kappa shape index (κ1) is 18.3. The summed E-state index contributed by atoms with van der Waals surface area (Å²) in [7, 11) is 1.65. The largest absolute Gasteiger partial charge is 0.383 e. The highest BCUT2D eigenvalue weighted by atomic mass is 16.5. The van der Waals surface area contributed by atoms with Crippen LogP contribution < -0.4 is 5.32 Å². The van der Waals surface area contributed by atoms with Crippen molar-refractivity contribution in [3.8, 4) is 0 Å². The number of hydrogen-bond acceptors (Lipinski definition) is 5. The topological polar surface area (TPSA) is 72.3 Å². The molecule has 0 aliphatic carbocycles. The van der Waals surface area contributed by atoms with Crippen LogP contribution in [0.15, 0.2) is 6.20 Å². The molecule has 1 aromatic heterocycles. The SMILES string of the molecule is COCCNC(=O)C1CN2CCC1CC2Cn1cc(C(C)(C)C)nn1. The van der Waals surface area contributed by atoms with Gasteiger partial charge in [-0.1, -0.05) is 26.0 Å². The van der Waals surface area contributed by atoms with Gasteiger partial charge in [0.1, 0.15) is 0 Å². The molecule has 1 aromatic rings. The monoisotopic (exact) mass is 349 g/mol. The van der Waals surface area contributed by atoms with Gasteiger partial charge in [0.15, 0.2) is 0 Å². The van der Waals surface area contributed by atoms with Gasteiger partial charge in [0.2, 0.25) is 5.91 Å². The van der Waals surface area contributed by atoms with Gasteiger partial charge in [0, 0.05) is 37.9 Å². The minimum Gasteiger partial charge on any atom is -0.383 e. The average Bonchev–Trinajstić information content (AvgIpc) is 3.04. The second-order valence-electron chi connectivity index (χ2n) is 8.40. The molecule has 1 N–H and O–H groups in total. The molecule has 1 amide bonds. The molecule has 0 radical (unpaired) electrons. The zero-order valence-corrected chi connectivity index (χ0v) is 15.9. The van der Waals surface area contributed by atoms with Crippen LogP contribution >= 0.6 is 0 Å². The van der Waals surface area contributed by atoms with E-state index in [1.54, 1.807) is 7.11 Å². The molecule has 25 heavy (non-hydrogen) atoms. The van der Waals surface area contributed by atoms with E-state index >= 15 is 0 Å². The number of methoxy groups -OCH3 is 1. The van der Waals surface area contributed by atoms with Gasteiger partial charge in [-0.3, -0.25) is 14.4 Å². The molecular formula is C18H31N5O2. The number of carbonyl (C=O) groups is 1. The summed E-state index contributed by atoms with van der Waals surface area (Å²) >= 11 is 0. The third-order valence-electron chi connectivity index (χ3n) is 5.53. The van der Waals surface area contributed by atoms with Gasteiger partial charge in [0.25, 0.3) is 0 Å². The third kappa shape index (κ3) is 4.20. The van der Waals surface area contributed by atoms with Crippen LogP contribution in [-0.2, 0) is 21.5 Å². The molecule has 140 valence electrons. The fraction of sp³-hybridized carbons (Fsp3) is 0.833. The minimum atomic E-state index is 0.0233. The van der Waals surface area contributed by atoms with Crippen LogP contribution in [0, 0.1) is 11.8 Å². The zero-order chi connectivity index (χ0) is 18.0. The number of nitrogens with zero attached hydrogens (tertiary/aromatic N) is 4. The standard InChI is InChI=1S/C18H31N5O2/c1-18(2,3)16-12-23(21-20-16)10-14-9-13-5-7-22(14)11-15(13)17(24)19-6-8-25-4/h12-15H,5-11H2,1-4H3,(H,19,24). The van der Waals surface area contributed by atoms with Crippen molar-refractivity contribution in [1.82, 2.24) is 25.2 Å². The number of rotatable bonds is 6. The summed E-state index contributed by atoms with van der Waals surface area (Å²) in [5.74, 6) is 0.770. The van der Waals surface area contributed by atoms with Crippen molar-refractivity contribution < 1.29 is 9.53 Å². The Hall–Kier alpha value is -1.47. The van der Waals surface area contributed by atoms with E-state index in [0.29, 0.717) is 25.1 Å². The summed E-state index contributed by atoms with van der Waals surface area (Å²) in [4.78, 5) is 14.9. The lowest BCUT2D eigenvalue weighted by molar-refractivity contribution is -0.133. The van der Waals surface area contributed by atoms with Crippen molar-refractivity contribution in [1.29, 1.82) is 0 Å². The van der Waals surface area contributed by atoms with E-state index in [1.165, 1.54) is 0 Å². The summed E-state index contributed by atoms with van der Waals surface area (Å²) in [5.41, 5.74) is 1.05. The Labute approximate surface area is 150 Å². The molecule has 4 unspecified atom stereocenters. The van der Waals surface area contributed by atoms with Crippen LogP contribution in [0.5, 0.6) is 0 Å². The van der Waals surface area contributed by atoms with Crippen molar-refractivity contribution in [2.45, 2.75) is 51.6 Å². The highest BCUT2D eigenvalue weighted by molar-refractivity contribution is 5.79. The second-order valence-corrected chi connectivity index (χ2v) is 8.40. The first-order valence-corrected chi connectivity index (χ1v) is 9.30. The van der Waals surface area contributed by atoms with E-state index in [4.69, 9.17) is 4.74 Å². The van der Waals surface area contributed by atoms with Crippen LogP contribution in [0.2, 0.25) is 0 Å². The Kier molecular flexibility index (Phi) is 5.43. The quantitative estimate of drug-likeness (QED) is 0.777. The molecule has 0 aromatic carbocycles. The first-order valence-electron chi connectivity index (χ1n) is 9.30. The van der Waals surface area contributed by atoms with Gasteiger partial charge in [-0.05, 0) is 25.3 Å². The highest BCUT2D eigenvalue weighted by Crippen LogP contribution is 2.37. The molecule has 3 aliphatic heterocycles. The lowest BCUT2D eigenvalue weighted by Gasteiger charge is -2.49. The number of ether oxygens (including phenoxy) is 1. The van der Waals surface area contributed by atoms with Gasteiger partial charge in [0.05, 0.1) is 24.8 Å². The molecule has 3 aliphatic rings. The summed E-state index contributed by atoms with van der Waals surface area (Å²) in [6, 6.07) is 0.455. The lowest BCUT2D eigenvalue weighted by atomic mass is 9.75. The molecule has 3 fully saturated rings. The van der Waals surface area contributed by atoms with Gasteiger partial charge >= 0.3 is 0 Å². The molecule has 7 nitrogen and oxygen atoms in total. The van der Waals surface area contributed by atoms with Crippen molar-refractivity contribution in [3.05, 3.63) is 11.9 Å². The van der Waals surface area contributed by atoms with Crippen LogP contribution in [0.1, 0.15) is 39.3 Å². The number of aromatic nitrogens is 3. The zero-order valence-electron chi connectivity index (χ0n) is 15.9. The fourth-order valence-corrected chi connectivity index (χ4v) is 3.98. The Balaban J connectivity index is 1.57. The summed E-state index contributed by atoms with van der Waals surface area (Å²) < 4.78 is 6.98. The third-order valence-corrected chi connectivity index (χ3v) is 5.53. The Morgan fingerprint density at radius 3 is 2.84 bits per heavy atom. The molecule has 4 atom stereocenters. The second kappa shape index (κ2) is 7.41. The molecule has 3 saturated heterocycles. The summed E-state index contributed by atoms with van der Waals surface area (Å²) in [6.07, 6.45) is 4.24. The van der Waals surface area contributed by atoms with Crippen molar-refractivity contribution in [2.24, 2.45) is 11.8 Å². The van der Waals surface area contributed by atoms with Crippen LogP contribution in [0.4, 0.5) is 0 Å². The van der Waals surface area contributed by atoms with E-state index in [2.05, 4.69) is 47.5 Å². The van der Waals surface area contributed by atoms with E-state index in [9.17, 15) is 4.79 Å². The smallest absolute Gasteiger partial charge is 0.224 e. The van der Waals surface area contributed by atoms with E-state index in [1.807, 2.05) is 4.68 Å². The number of carbonyl (C=O) groups excluding carboxylic acids is 1. The first-order chi connectivity index (χ1) is 11.9. The van der Waals surface area contributed by atoms with Crippen LogP contribution in [0.3, 0.4) is 0 Å². The van der Waals surface area contributed by atoms with Crippen LogP contribution in [-0.4, -0.2) is 65.2 Å². The number of amides is 1. The molecule has 4 heterocycles. The van der Waals surface area contributed by atoms with E-state index in [0.717, 1.165) is 38.2 Å². The number of hydrogen-bond donors (Lipinski definition) is 1. The van der Waals surface area contributed by atoms with Gasteiger partial charge in [-0.15, -0.1) is 5.10 Å². The van der Waals surface area contributed by atoms with Crippen molar-refractivity contribution in [2.75, 3.05) is 33.4 Å². The average molecular weight is 349 g/mol. The molecule has 7 heteroatoms. The molecular weight excluding hydrogens is 318 g/mol. The lowest BCUT2D eigenvalue weighted by Crippen LogP contribution is -2.58. The predicted octanol–water partition coefficient (Wildman–Crippen LogP) is 1.05. The molecule has 0 spiro atoms. The van der Waals surface area contributed by atoms with Crippen LogP contribution in [0.25, 0.3) is 0 Å². The minimum absolute atomic E-state index is 0.0233. The predicted molar refractivity (Wildman–Crippen MR) is 95.2 cm³/mol. The maximum atomic E-state index is 12.4. The molecule has 2 bridgehead atoms. The number of fused-ring (bicyclic) bond motifs is 3. The maximum absolute atomic E-state index is 12.4. The highest BCUT2D eigenvalue weighted by Gasteiger charge is 2.43. The Bertz CT molecular complexity index is 595.